The van der Waals surface area contributed by atoms with Crippen molar-refractivity contribution < 1.29 is 9.59 Å². The molecule has 1 atom stereocenters. The van der Waals surface area contributed by atoms with Crippen LogP contribution in [0.3, 0.4) is 0 Å². The van der Waals surface area contributed by atoms with Crippen molar-refractivity contribution in [1.82, 2.24) is 15.1 Å². The Hall–Kier alpha value is -2.18. The minimum absolute atomic E-state index is 0.0339. The van der Waals surface area contributed by atoms with Gasteiger partial charge in [-0.15, -0.1) is 0 Å². The number of thiophene rings is 1. The zero-order valence-electron chi connectivity index (χ0n) is 16.6. The van der Waals surface area contributed by atoms with Gasteiger partial charge < -0.3 is 10.2 Å². The Bertz CT molecular complexity index is 753. The van der Waals surface area contributed by atoms with Gasteiger partial charge in [-0.3, -0.25) is 14.5 Å². The first kappa shape index (κ1) is 20.6. The summed E-state index contributed by atoms with van der Waals surface area (Å²) in [6.45, 7) is 8.06. The number of hydrogen-bond donors (Lipinski definition) is 1. The fraction of sp³-hybridized carbons (Fsp3) is 0.455. The third-order valence-electron chi connectivity index (χ3n) is 5.13. The van der Waals surface area contributed by atoms with Crippen LogP contribution >= 0.6 is 11.3 Å². The van der Waals surface area contributed by atoms with Gasteiger partial charge >= 0.3 is 0 Å². The van der Waals surface area contributed by atoms with Gasteiger partial charge in [0.2, 0.25) is 11.8 Å². The number of carbonyl (C=O) groups excluding carboxylic acids is 2. The number of rotatable bonds is 7. The highest BCUT2D eigenvalue weighted by molar-refractivity contribution is 7.07. The second-order valence-corrected chi connectivity index (χ2v) is 8.46. The van der Waals surface area contributed by atoms with E-state index in [1.165, 1.54) is 5.56 Å². The molecule has 1 N–H and O–H groups in total. The number of nitrogens with zero attached hydrogens (tertiary/aromatic N) is 2. The van der Waals surface area contributed by atoms with E-state index in [9.17, 15) is 9.59 Å². The Morgan fingerprint density at radius 2 is 1.75 bits per heavy atom. The molecule has 3 rings (SSSR count). The van der Waals surface area contributed by atoms with Gasteiger partial charge in [-0.2, -0.15) is 11.3 Å². The van der Waals surface area contributed by atoms with Crippen LogP contribution < -0.4 is 5.32 Å². The molecular formula is C22H29N3O2S. The number of carbonyl (C=O) groups is 2. The molecule has 0 saturated carbocycles. The average Bonchev–Trinajstić information content (AvgIpc) is 3.20. The Kier molecular flexibility index (Phi) is 7.23. The predicted octanol–water partition coefficient (Wildman–Crippen LogP) is 2.78. The van der Waals surface area contributed by atoms with E-state index in [0.717, 1.165) is 25.2 Å². The van der Waals surface area contributed by atoms with Gasteiger partial charge in [-0.25, -0.2) is 0 Å². The van der Waals surface area contributed by atoms with Gasteiger partial charge in [0.1, 0.15) is 6.04 Å². The number of hydrogen-bond acceptors (Lipinski definition) is 4. The van der Waals surface area contributed by atoms with E-state index < -0.39 is 6.04 Å². The summed E-state index contributed by atoms with van der Waals surface area (Å²) in [6, 6.07) is 11.3. The third-order valence-corrected chi connectivity index (χ3v) is 5.86. The minimum Gasteiger partial charge on any atom is -0.344 e. The first-order valence-electron chi connectivity index (χ1n) is 9.88. The molecule has 6 heteroatoms. The fourth-order valence-corrected chi connectivity index (χ4v) is 4.14. The maximum Gasteiger partial charge on any atom is 0.245 e. The van der Waals surface area contributed by atoms with Crippen molar-refractivity contribution in [3.8, 4) is 0 Å². The highest BCUT2D eigenvalue weighted by atomic mass is 32.1. The van der Waals surface area contributed by atoms with Crippen LogP contribution in [0.4, 0.5) is 0 Å². The lowest BCUT2D eigenvalue weighted by Crippen LogP contribution is -2.56. The second kappa shape index (κ2) is 9.85. The Balaban J connectivity index is 1.52. The molecule has 150 valence electrons. The second-order valence-electron chi connectivity index (χ2n) is 7.68. The molecular weight excluding hydrogens is 370 g/mol. The molecule has 2 heterocycles. The first-order chi connectivity index (χ1) is 13.5. The van der Waals surface area contributed by atoms with Crippen LogP contribution in [-0.4, -0.2) is 53.8 Å². The van der Waals surface area contributed by atoms with Crippen molar-refractivity contribution in [2.24, 2.45) is 5.92 Å². The van der Waals surface area contributed by atoms with Crippen LogP contribution in [0.25, 0.3) is 0 Å². The molecule has 1 aromatic heterocycles. The molecule has 2 amide bonds. The normalized spacial score (nSPS) is 16.2. The molecule has 1 aromatic carbocycles. The highest BCUT2D eigenvalue weighted by Crippen LogP contribution is 2.14. The lowest BCUT2D eigenvalue weighted by Gasteiger charge is -2.37. The Morgan fingerprint density at radius 3 is 2.36 bits per heavy atom. The van der Waals surface area contributed by atoms with E-state index in [4.69, 9.17) is 0 Å². The molecule has 1 aliphatic rings. The summed E-state index contributed by atoms with van der Waals surface area (Å²) in [5.74, 6) is -0.0167. The number of benzene rings is 1. The van der Waals surface area contributed by atoms with Gasteiger partial charge in [0.05, 0.1) is 6.42 Å². The Morgan fingerprint density at radius 1 is 1.04 bits per heavy atom. The van der Waals surface area contributed by atoms with Crippen LogP contribution in [0.2, 0.25) is 0 Å². The lowest BCUT2D eigenvalue weighted by molar-refractivity contribution is -0.139. The van der Waals surface area contributed by atoms with Crippen molar-refractivity contribution in [3.63, 3.8) is 0 Å². The molecule has 0 spiro atoms. The van der Waals surface area contributed by atoms with Gasteiger partial charge in [-0.05, 0) is 33.9 Å². The summed E-state index contributed by atoms with van der Waals surface area (Å²) < 4.78 is 0. The predicted molar refractivity (Wildman–Crippen MR) is 113 cm³/mol. The van der Waals surface area contributed by atoms with Crippen LogP contribution in [0.1, 0.15) is 25.0 Å². The Labute approximate surface area is 171 Å². The zero-order chi connectivity index (χ0) is 19.9. The minimum atomic E-state index is -0.473. The molecule has 1 saturated heterocycles. The molecule has 1 aliphatic heterocycles. The molecule has 0 aliphatic carbocycles. The number of amides is 2. The summed E-state index contributed by atoms with van der Waals surface area (Å²) in [6.07, 6.45) is 0.297. The quantitative estimate of drug-likeness (QED) is 0.779. The van der Waals surface area contributed by atoms with E-state index >= 15 is 0 Å². The van der Waals surface area contributed by atoms with Crippen LogP contribution in [0, 0.1) is 5.92 Å². The zero-order valence-corrected chi connectivity index (χ0v) is 17.5. The highest BCUT2D eigenvalue weighted by Gasteiger charge is 2.30. The smallest absolute Gasteiger partial charge is 0.245 e. The van der Waals surface area contributed by atoms with Crippen molar-refractivity contribution in [2.75, 3.05) is 26.2 Å². The summed E-state index contributed by atoms with van der Waals surface area (Å²) in [7, 11) is 0. The standard InChI is InChI=1S/C22H29N3O2S/c1-17(2)21(23-20(26)14-18-6-4-3-5-7-18)22(27)25-11-9-24(10-12-25)15-19-8-13-28-16-19/h3-8,13,16-17,21H,9-12,14-15H2,1-2H3,(H,23,26)/t21-/m0/s1. The topological polar surface area (TPSA) is 52.7 Å². The van der Waals surface area contributed by atoms with Crippen molar-refractivity contribution >= 4 is 23.2 Å². The molecule has 0 unspecified atom stereocenters. The lowest BCUT2D eigenvalue weighted by atomic mass is 10.0. The van der Waals surface area contributed by atoms with Gasteiger partial charge in [-0.1, -0.05) is 44.2 Å². The van der Waals surface area contributed by atoms with E-state index in [1.54, 1.807) is 11.3 Å². The van der Waals surface area contributed by atoms with Crippen molar-refractivity contribution in [2.45, 2.75) is 32.9 Å². The van der Waals surface area contributed by atoms with E-state index in [0.29, 0.717) is 19.5 Å². The molecule has 1 fully saturated rings. The summed E-state index contributed by atoms with van der Waals surface area (Å²) in [4.78, 5) is 29.8. The fourth-order valence-electron chi connectivity index (χ4n) is 3.48. The molecule has 0 bridgehead atoms. The number of piperazine rings is 1. The molecule has 2 aromatic rings. The van der Waals surface area contributed by atoms with Crippen LogP contribution in [0.5, 0.6) is 0 Å². The third kappa shape index (κ3) is 5.66. The van der Waals surface area contributed by atoms with Gasteiger partial charge in [0.25, 0.3) is 0 Å². The maximum atomic E-state index is 13.0. The first-order valence-corrected chi connectivity index (χ1v) is 10.8. The monoisotopic (exact) mass is 399 g/mol. The van der Waals surface area contributed by atoms with E-state index in [-0.39, 0.29) is 17.7 Å². The summed E-state index contributed by atoms with van der Waals surface area (Å²) in [5, 5.41) is 7.24. The van der Waals surface area contributed by atoms with E-state index in [1.807, 2.05) is 49.1 Å². The SMILES string of the molecule is CC(C)[C@H](NC(=O)Cc1ccccc1)C(=O)N1CCN(Cc2ccsc2)CC1. The van der Waals surface area contributed by atoms with Crippen molar-refractivity contribution in [3.05, 3.63) is 58.3 Å². The molecule has 0 radical (unpaired) electrons. The van der Waals surface area contributed by atoms with Crippen LogP contribution in [0.15, 0.2) is 47.2 Å². The summed E-state index contributed by atoms with van der Waals surface area (Å²) >= 11 is 1.72. The number of nitrogens with one attached hydrogen (secondary N) is 1. The van der Waals surface area contributed by atoms with Crippen molar-refractivity contribution in [1.29, 1.82) is 0 Å². The molecule has 5 nitrogen and oxygen atoms in total. The average molecular weight is 400 g/mol. The largest absolute Gasteiger partial charge is 0.344 e. The van der Waals surface area contributed by atoms with Crippen LogP contribution in [-0.2, 0) is 22.6 Å². The van der Waals surface area contributed by atoms with Gasteiger partial charge in [0.15, 0.2) is 0 Å². The summed E-state index contributed by atoms with van der Waals surface area (Å²) in [5.41, 5.74) is 2.29. The molecule has 28 heavy (non-hydrogen) atoms. The maximum absolute atomic E-state index is 13.0. The van der Waals surface area contributed by atoms with E-state index in [2.05, 4.69) is 27.0 Å². The van der Waals surface area contributed by atoms with Gasteiger partial charge in [0, 0.05) is 32.7 Å².